The van der Waals surface area contributed by atoms with Crippen LogP contribution in [0.3, 0.4) is 0 Å². The molecule has 2 aromatic carbocycles. The zero-order chi connectivity index (χ0) is 16.0. The van der Waals surface area contributed by atoms with Crippen molar-refractivity contribution in [3.63, 3.8) is 0 Å². The van der Waals surface area contributed by atoms with Gasteiger partial charge in [0, 0.05) is 10.0 Å². The van der Waals surface area contributed by atoms with Crippen LogP contribution >= 0.6 is 15.9 Å². The molecule has 0 aliphatic heterocycles. The molecule has 0 atom stereocenters. The number of fused-ring (bicyclic) bond motifs is 3. The summed E-state index contributed by atoms with van der Waals surface area (Å²) in [5.41, 5.74) is 6.01. The number of nitrogens with zero attached hydrogens (tertiary/aromatic N) is 4. The number of aryl methyl sites for hydroxylation is 2. The van der Waals surface area contributed by atoms with Gasteiger partial charge in [-0.25, -0.2) is 4.98 Å². The molecule has 0 aliphatic carbocycles. The highest BCUT2D eigenvalue weighted by molar-refractivity contribution is 9.10. The molecule has 0 aliphatic rings. The zero-order valence-corrected chi connectivity index (χ0v) is 14.5. The van der Waals surface area contributed by atoms with E-state index in [4.69, 9.17) is 0 Å². The molecule has 0 unspecified atom stereocenters. The van der Waals surface area contributed by atoms with Crippen LogP contribution in [0.2, 0.25) is 0 Å². The lowest BCUT2D eigenvalue weighted by Gasteiger charge is -2.09. The predicted octanol–water partition coefficient (Wildman–Crippen LogP) is 4.58. The number of hydrogen-bond donors (Lipinski definition) is 0. The molecule has 0 fully saturated rings. The largest absolute Gasteiger partial charge is 0.272 e. The Morgan fingerprint density at radius 3 is 2.74 bits per heavy atom. The Morgan fingerprint density at radius 2 is 1.91 bits per heavy atom. The quantitative estimate of drug-likeness (QED) is 0.521. The van der Waals surface area contributed by atoms with Crippen LogP contribution in [0, 0.1) is 6.92 Å². The van der Waals surface area contributed by atoms with Crippen molar-refractivity contribution in [2.45, 2.75) is 20.3 Å². The third-order valence-electron chi connectivity index (χ3n) is 4.09. The first-order chi connectivity index (χ1) is 11.2. The molecular weight excluding hydrogens is 352 g/mol. The van der Waals surface area contributed by atoms with E-state index in [1.165, 1.54) is 5.56 Å². The standard InChI is InChI=1S/C18H15BrN4/c1-3-12-6-4-5-7-14(12)18-22-21-17-11(2)20-15-9-8-13(19)10-16(15)23(17)18/h4-10H,3H2,1-2H3. The van der Waals surface area contributed by atoms with Gasteiger partial charge in [-0.2, -0.15) is 0 Å². The highest BCUT2D eigenvalue weighted by Gasteiger charge is 2.16. The normalized spacial score (nSPS) is 11.4. The predicted molar refractivity (Wildman–Crippen MR) is 95.5 cm³/mol. The Morgan fingerprint density at radius 1 is 1.09 bits per heavy atom. The van der Waals surface area contributed by atoms with Crippen LogP contribution in [-0.2, 0) is 6.42 Å². The van der Waals surface area contributed by atoms with Crippen LogP contribution in [0.15, 0.2) is 46.9 Å². The van der Waals surface area contributed by atoms with Crippen molar-refractivity contribution in [2.75, 3.05) is 0 Å². The molecule has 0 N–H and O–H groups in total. The average Bonchev–Trinajstić information content (AvgIpc) is 3.01. The smallest absolute Gasteiger partial charge is 0.183 e. The Kier molecular flexibility index (Phi) is 3.38. The van der Waals surface area contributed by atoms with Crippen molar-refractivity contribution in [1.29, 1.82) is 0 Å². The molecule has 114 valence electrons. The van der Waals surface area contributed by atoms with E-state index in [-0.39, 0.29) is 0 Å². The molecule has 5 heteroatoms. The number of aromatic nitrogens is 4. The molecule has 0 saturated heterocycles. The van der Waals surface area contributed by atoms with E-state index in [0.29, 0.717) is 0 Å². The fraction of sp³-hybridized carbons (Fsp3) is 0.167. The molecule has 23 heavy (non-hydrogen) atoms. The Hall–Kier alpha value is -2.27. The summed E-state index contributed by atoms with van der Waals surface area (Å²) in [6.07, 6.45) is 0.955. The summed E-state index contributed by atoms with van der Waals surface area (Å²) in [6, 6.07) is 14.4. The highest BCUT2D eigenvalue weighted by Crippen LogP contribution is 2.28. The second kappa shape index (κ2) is 5.42. The molecule has 0 amide bonds. The lowest BCUT2D eigenvalue weighted by molar-refractivity contribution is 1.09. The lowest BCUT2D eigenvalue weighted by atomic mass is 10.0. The van der Waals surface area contributed by atoms with Gasteiger partial charge in [-0.3, -0.25) is 4.40 Å². The Labute approximate surface area is 142 Å². The number of halogens is 1. The van der Waals surface area contributed by atoms with Crippen molar-refractivity contribution in [3.05, 3.63) is 58.2 Å². The number of benzene rings is 2. The summed E-state index contributed by atoms with van der Waals surface area (Å²) >= 11 is 3.55. The fourth-order valence-electron chi connectivity index (χ4n) is 2.97. The molecule has 4 aromatic rings. The van der Waals surface area contributed by atoms with Gasteiger partial charge in [0.2, 0.25) is 0 Å². The minimum Gasteiger partial charge on any atom is -0.272 e. The van der Waals surface area contributed by atoms with Crippen molar-refractivity contribution in [1.82, 2.24) is 19.6 Å². The summed E-state index contributed by atoms with van der Waals surface area (Å²) in [5, 5.41) is 8.86. The van der Waals surface area contributed by atoms with E-state index in [1.54, 1.807) is 0 Å². The summed E-state index contributed by atoms with van der Waals surface area (Å²) < 4.78 is 3.12. The molecule has 2 aromatic heterocycles. The van der Waals surface area contributed by atoms with Crippen molar-refractivity contribution >= 4 is 32.6 Å². The third-order valence-corrected chi connectivity index (χ3v) is 4.59. The van der Waals surface area contributed by atoms with Crippen LogP contribution in [0.1, 0.15) is 18.2 Å². The first-order valence-electron chi connectivity index (χ1n) is 7.58. The van der Waals surface area contributed by atoms with E-state index >= 15 is 0 Å². The minimum atomic E-state index is 0.802. The van der Waals surface area contributed by atoms with E-state index in [1.807, 2.05) is 25.1 Å². The maximum Gasteiger partial charge on any atom is 0.183 e. The number of rotatable bonds is 2. The van der Waals surface area contributed by atoms with Gasteiger partial charge in [0.1, 0.15) is 0 Å². The van der Waals surface area contributed by atoms with Gasteiger partial charge in [-0.1, -0.05) is 47.1 Å². The highest BCUT2D eigenvalue weighted by atomic mass is 79.9. The van der Waals surface area contributed by atoms with Gasteiger partial charge in [0.15, 0.2) is 11.5 Å². The maximum atomic E-state index is 4.65. The molecule has 4 nitrogen and oxygen atoms in total. The van der Waals surface area contributed by atoms with E-state index in [2.05, 4.69) is 66.7 Å². The summed E-state index contributed by atoms with van der Waals surface area (Å²) in [7, 11) is 0. The molecule has 0 saturated carbocycles. The van der Waals surface area contributed by atoms with Gasteiger partial charge in [-0.15, -0.1) is 10.2 Å². The topological polar surface area (TPSA) is 43.1 Å². The van der Waals surface area contributed by atoms with Crippen molar-refractivity contribution < 1.29 is 0 Å². The average molecular weight is 367 g/mol. The van der Waals surface area contributed by atoms with Gasteiger partial charge < -0.3 is 0 Å². The van der Waals surface area contributed by atoms with Crippen LogP contribution in [-0.4, -0.2) is 19.6 Å². The van der Waals surface area contributed by atoms with Crippen LogP contribution in [0.4, 0.5) is 0 Å². The SMILES string of the molecule is CCc1ccccc1-c1nnc2c(C)nc3ccc(Br)cc3n12. The van der Waals surface area contributed by atoms with Gasteiger partial charge in [0.25, 0.3) is 0 Å². The maximum absolute atomic E-state index is 4.65. The summed E-state index contributed by atoms with van der Waals surface area (Å²) in [5.74, 6) is 0.867. The van der Waals surface area contributed by atoms with E-state index in [9.17, 15) is 0 Å². The molecule has 0 radical (unpaired) electrons. The fourth-order valence-corrected chi connectivity index (χ4v) is 3.32. The zero-order valence-electron chi connectivity index (χ0n) is 12.9. The van der Waals surface area contributed by atoms with E-state index in [0.717, 1.165) is 44.7 Å². The minimum absolute atomic E-state index is 0.802. The molecule has 4 rings (SSSR count). The molecule has 0 spiro atoms. The van der Waals surface area contributed by atoms with Gasteiger partial charge in [0.05, 0.1) is 16.7 Å². The van der Waals surface area contributed by atoms with E-state index < -0.39 is 0 Å². The van der Waals surface area contributed by atoms with Gasteiger partial charge in [-0.05, 0) is 37.1 Å². The first-order valence-corrected chi connectivity index (χ1v) is 8.37. The van der Waals surface area contributed by atoms with Crippen molar-refractivity contribution in [3.8, 4) is 11.4 Å². The molecule has 2 heterocycles. The summed E-state index contributed by atoms with van der Waals surface area (Å²) in [4.78, 5) is 4.65. The third kappa shape index (κ3) is 2.23. The second-order valence-corrected chi connectivity index (χ2v) is 6.44. The lowest BCUT2D eigenvalue weighted by Crippen LogP contribution is -1.99. The van der Waals surface area contributed by atoms with Crippen LogP contribution in [0.5, 0.6) is 0 Å². The Balaban J connectivity index is 2.16. The van der Waals surface area contributed by atoms with Crippen LogP contribution < -0.4 is 0 Å². The molecular formula is C18H15BrN4. The summed E-state index contributed by atoms with van der Waals surface area (Å²) in [6.45, 7) is 4.13. The first kappa shape index (κ1) is 14.3. The monoisotopic (exact) mass is 366 g/mol. The number of hydrogen-bond acceptors (Lipinski definition) is 3. The van der Waals surface area contributed by atoms with Gasteiger partial charge >= 0.3 is 0 Å². The second-order valence-electron chi connectivity index (χ2n) is 5.52. The van der Waals surface area contributed by atoms with Crippen LogP contribution in [0.25, 0.3) is 28.1 Å². The van der Waals surface area contributed by atoms with Crippen molar-refractivity contribution in [2.24, 2.45) is 0 Å². The molecule has 0 bridgehead atoms. The Bertz CT molecular complexity index is 1040.